The minimum atomic E-state index is -4.97. The molecule has 0 radical (unpaired) electrons. The van der Waals surface area contributed by atoms with Gasteiger partial charge >= 0.3 is 12.1 Å². The number of amides is 1. The number of alkyl halides is 3. The van der Waals surface area contributed by atoms with Gasteiger partial charge in [0.25, 0.3) is 0 Å². The number of hydrogen-bond donors (Lipinski definition) is 2. The number of aromatic nitrogens is 2. The van der Waals surface area contributed by atoms with Gasteiger partial charge in [0.15, 0.2) is 0 Å². The van der Waals surface area contributed by atoms with Crippen LogP contribution in [0.3, 0.4) is 0 Å². The van der Waals surface area contributed by atoms with E-state index >= 15 is 0 Å². The van der Waals surface area contributed by atoms with Crippen LogP contribution in [0.2, 0.25) is 0 Å². The summed E-state index contributed by atoms with van der Waals surface area (Å²) in [5.74, 6) is -2.10. The molecule has 2 aromatic heterocycles. The first-order valence-electron chi connectivity index (χ1n) is 7.94. The first-order chi connectivity index (χ1) is 13.1. The van der Waals surface area contributed by atoms with Crippen molar-refractivity contribution in [2.24, 2.45) is 0 Å². The van der Waals surface area contributed by atoms with E-state index in [1.54, 1.807) is 36.5 Å². The molecule has 28 heavy (non-hydrogen) atoms. The number of rotatable bonds is 8. The van der Waals surface area contributed by atoms with Crippen molar-refractivity contribution in [3.8, 4) is 0 Å². The highest BCUT2D eigenvalue weighted by Gasteiger charge is 2.38. The van der Waals surface area contributed by atoms with Gasteiger partial charge in [-0.2, -0.15) is 17.5 Å². The summed E-state index contributed by atoms with van der Waals surface area (Å²) in [6.45, 7) is 0.000879. The van der Waals surface area contributed by atoms with E-state index in [1.165, 1.54) is 15.9 Å². The molecule has 0 aliphatic carbocycles. The quantitative estimate of drug-likeness (QED) is 0.624. The second kappa shape index (κ2) is 9.08. The average molecular weight is 417 g/mol. The lowest BCUT2D eigenvalue weighted by Crippen LogP contribution is -2.44. The fraction of sp³-hybridized carbons (Fsp3) is 0.312. The largest absolute Gasteiger partial charge is 0.472 e. The number of nitrogens with zero attached hydrogens (tertiary/aromatic N) is 3. The number of halogens is 3. The van der Waals surface area contributed by atoms with Gasteiger partial charge in [0, 0.05) is 18.9 Å². The van der Waals surface area contributed by atoms with Crippen LogP contribution in [0.25, 0.3) is 0 Å². The van der Waals surface area contributed by atoms with Crippen molar-refractivity contribution in [1.29, 1.82) is 0 Å². The van der Waals surface area contributed by atoms with Gasteiger partial charge < -0.3 is 0 Å². The lowest BCUT2D eigenvalue weighted by molar-refractivity contribution is -0.174. The van der Waals surface area contributed by atoms with E-state index in [0.717, 1.165) is 6.26 Å². The number of nitrogens with one attached hydrogen (secondary N) is 2. The summed E-state index contributed by atoms with van der Waals surface area (Å²) in [4.78, 5) is 18.9. The van der Waals surface area contributed by atoms with Gasteiger partial charge in [0.2, 0.25) is 10.0 Å². The molecule has 0 spiro atoms. The van der Waals surface area contributed by atoms with Gasteiger partial charge in [0.1, 0.15) is 0 Å². The van der Waals surface area contributed by atoms with Crippen LogP contribution in [0.4, 0.5) is 13.2 Å². The van der Waals surface area contributed by atoms with E-state index in [0.29, 0.717) is 17.0 Å². The zero-order chi connectivity index (χ0) is 20.8. The molecule has 2 rings (SSSR count). The lowest BCUT2D eigenvalue weighted by Gasteiger charge is -2.19. The number of sulfonamides is 1. The Kier molecular flexibility index (Phi) is 7.05. The fourth-order valence-electron chi connectivity index (χ4n) is 2.09. The molecule has 2 aromatic rings. The second-order valence-corrected chi connectivity index (χ2v) is 7.80. The SMILES string of the molecule is CS(=O)(=O)N(Cc1ccccn1)Cc1ccc(CNNC(=O)C(F)(F)F)cn1. The first kappa shape index (κ1) is 21.7. The Balaban J connectivity index is 1.96. The molecule has 1 amide bonds. The predicted octanol–water partition coefficient (Wildman–Crippen LogP) is 1.12. The Morgan fingerprint density at radius 1 is 1.11 bits per heavy atom. The average Bonchev–Trinajstić information content (AvgIpc) is 2.62. The monoisotopic (exact) mass is 417 g/mol. The maximum Gasteiger partial charge on any atom is 0.472 e. The van der Waals surface area contributed by atoms with Crippen molar-refractivity contribution in [3.05, 3.63) is 59.7 Å². The van der Waals surface area contributed by atoms with E-state index < -0.39 is 22.1 Å². The number of carbonyl (C=O) groups excluding carboxylic acids is 1. The molecular weight excluding hydrogens is 399 g/mol. The molecule has 8 nitrogen and oxygen atoms in total. The minimum absolute atomic E-state index is 0.00786. The molecule has 152 valence electrons. The smallest absolute Gasteiger partial charge is 0.283 e. The van der Waals surface area contributed by atoms with E-state index in [9.17, 15) is 26.4 Å². The molecule has 2 N–H and O–H groups in total. The highest BCUT2D eigenvalue weighted by Crippen LogP contribution is 2.14. The van der Waals surface area contributed by atoms with Crippen LogP contribution in [-0.2, 0) is 34.5 Å². The summed E-state index contributed by atoms with van der Waals surface area (Å²) < 4.78 is 61.5. The summed E-state index contributed by atoms with van der Waals surface area (Å²) >= 11 is 0. The van der Waals surface area contributed by atoms with Gasteiger partial charge in [0.05, 0.1) is 30.7 Å². The van der Waals surface area contributed by atoms with Gasteiger partial charge in [-0.15, -0.1) is 0 Å². The van der Waals surface area contributed by atoms with Crippen LogP contribution in [-0.4, -0.2) is 41.0 Å². The summed E-state index contributed by atoms with van der Waals surface area (Å²) in [5, 5.41) is 0. The standard InChI is InChI=1S/C16H18F3N5O3S/c1-28(26,27)24(10-13-4-2-3-7-20-13)11-14-6-5-12(8-21-14)9-22-23-15(25)16(17,18)19/h2-8,22H,9-11H2,1H3,(H,23,25). The van der Waals surface area contributed by atoms with Gasteiger partial charge in [-0.1, -0.05) is 12.1 Å². The number of pyridine rings is 2. The normalized spacial score (nSPS) is 12.2. The van der Waals surface area contributed by atoms with E-state index in [2.05, 4.69) is 15.4 Å². The first-order valence-corrected chi connectivity index (χ1v) is 9.79. The molecular formula is C16H18F3N5O3S. The minimum Gasteiger partial charge on any atom is -0.283 e. The Morgan fingerprint density at radius 3 is 2.29 bits per heavy atom. The topological polar surface area (TPSA) is 104 Å². The number of hydrazine groups is 1. The molecule has 0 fully saturated rings. The van der Waals surface area contributed by atoms with Crippen molar-refractivity contribution in [3.63, 3.8) is 0 Å². The Bertz CT molecular complexity index is 890. The molecule has 0 aliphatic heterocycles. The van der Waals surface area contributed by atoms with Crippen molar-refractivity contribution in [2.45, 2.75) is 25.8 Å². The van der Waals surface area contributed by atoms with Crippen LogP contribution >= 0.6 is 0 Å². The van der Waals surface area contributed by atoms with Crippen LogP contribution < -0.4 is 10.9 Å². The van der Waals surface area contributed by atoms with Gasteiger partial charge in [-0.25, -0.2) is 13.8 Å². The molecule has 0 aromatic carbocycles. The molecule has 0 saturated carbocycles. The second-order valence-electron chi connectivity index (χ2n) is 5.82. The molecule has 0 atom stereocenters. The highest BCUT2D eigenvalue weighted by molar-refractivity contribution is 7.88. The van der Waals surface area contributed by atoms with Crippen molar-refractivity contribution in [1.82, 2.24) is 25.1 Å². The van der Waals surface area contributed by atoms with Crippen LogP contribution in [0.15, 0.2) is 42.7 Å². The van der Waals surface area contributed by atoms with Crippen molar-refractivity contribution >= 4 is 15.9 Å². The molecule has 0 unspecified atom stereocenters. The molecule has 2 heterocycles. The predicted molar refractivity (Wildman–Crippen MR) is 93.6 cm³/mol. The Hall–Kier alpha value is -2.57. The van der Waals surface area contributed by atoms with Crippen molar-refractivity contribution in [2.75, 3.05) is 6.26 Å². The Morgan fingerprint density at radius 2 is 1.79 bits per heavy atom. The summed E-state index contributed by atoms with van der Waals surface area (Å²) in [6.07, 6.45) is -0.952. The summed E-state index contributed by atoms with van der Waals surface area (Å²) in [7, 11) is -3.52. The summed E-state index contributed by atoms with van der Waals surface area (Å²) in [6, 6.07) is 8.30. The number of carbonyl (C=O) groups is 1. The number of hydrogen-bond acceptors (Lipinski definition) is 6. The van der Waals surface area contributed by atoms with Gasteiger partial charge in [-0.3, -0.25) is 20.2 Å². The summed E-state index contributed by atoms with van der Waals surface area (Å²) in [5.41, 5.74) is 5.21. The molecule has 0 bridgehead atoms. The molecule has 0 aliphatic rings. The zero-order valence-electron chi connectivity index (χ0n) is 14.8. The third-order valence-corrected chi connectivity index (χ3v) is 4.71. The van der Waals surface area contributed by atoms with Crippen molar-refractivity contribution < 1.29 is 26.4 Å². The van der Waals surface area contributed by atoms with E-state index in [4.69, 9.17) is 0 Å². The highest BCUT2D eigenvalue weighted by atomic mass is 32.2. The molecule has 0 saturated heterocycles. The van der Waals surface area contributed by atoms with Crippen LogP contribution in [0, 0.1) is 0 Å². The third kappa shape index (κ3) is 6.87. The maximum absolute atomic E-state index is 12.1. The van der Waals surface area contributed by atoms with Crippen LogP contribution in [0.5, 0.6) is 0 Å². The van der Waals surface area contributed by atoms with Crippen LogP contribution in [0.1, 0.15) is 17.0 Å². The fourth-order valence-corrected chi connectivity index (χ4v) is 2.83. The lowest BCUT2D eigenvalue weighted by atomic mass is 10.2. The maximum atomic E-state index is 12.1. The third-order valence-electron chi connectivity index (χ3n) is 3.51. The Labute approximate surface area is 159 Å². The van der Waals surface area contributed by atoms with E-state index in [1.807, 2.05) is 0 Å². The zero-order valence-corrected chi connectivity index (χ0v) is 15.6. The van der Waals surface area contributed by atoms with E-state index in [-0.39, 0.29) is 19.6 Å². The van der Waals surface area contributed by atoms with Gasteiger partial charge in [-0.05, 0) is 23.8 Å². The molecule has 12 heteroatoms.